The van der Waals surface area contributed by atoms with E-state index in [9.17, 15) is 4.79 Å². The molecule has 2 aromatic carbocycles. The summed E-state index contributed by atoms with van der Waals surface area (Å²) in [5.41, 5.74) is 3.97. The number of rotatable bonds is 2. The van der Waals surface area contributed by atoms with Gasteiger partial charge in [0.05, 0.1) is 0 Å². The molecule has 0 aromatic heterocycles. The molecule has 0 radical (unpaired) electrons. The van der Waals surface area contributed by atoms with E-state index < -0.39 is 0 Å². The first kappa shape index (κ1) is 12.4. The first-order valence-electron chi connectivity index (χ1n) is 5.96. The van der Waals surface area contributed by atoms with Crippen LogP contribution in [-0.4, -0.2) is 12.9 Å². The van der Waals surface area contributed by atoms with Gasteiger partial charge in [0.1, 0.15) is 18.6 Å². The van der Waals surface area contributed by atoms with E-state index in [1.807, 2.05) is 30.3 Å². The third-order valence-corrected chi connectivity index (χ3v) is 3.95. The fraction of sp³-hybridized carbons (Fsp3) is 0.0625. The van der Waals surface area contributed by atoms with Gasteiger partial charge in [0.25, 0.3) is 0 Å². The zero-order chi connectivity index (χ0) is 13.2. The molecule has 2 nitrogen and oxygen atoms in total. The molecule has 0 atom stereocenters. The van der Waals surface area contributed by atoms with Crippen molar-refractivity contribution >= 4 is 34.5 Å². The van der Waals surface area contributed by atoms with Crippen molar-refractivity contribution in [2.75, 3.05) is 6.61 Å². The van der Waals surface area contributed by atoms with Gasteiger partial charge in [0, 0.05) is 20.3 Å². The topological polar surface area (TPSA) is 26.3 Å². The lowest BCUT2D eigenvalue weighted by molar-refractivity contribution is 0.112. The summed E-state index contributed by atoms with van der Waals surface area (Å²) in [7, 11) is 0. The molecule has 2 aromatic rings. The van der Waals surface area contributed by atoms with E-state index in [2.05, 4.69) is 34.7 Å². The lowest BCUT2D eigenvalue weighted by atomic mass is 9.94. The van der Waals surface area contributed by atoms with Gasteiger partial charge in [-0.25, -0.2) is 0 Å². The van der Waals surface area contributed by atoms with Crippen molar-refractivity contribution in [3.63, 3.8) is 0 Å². The van der Waals surface area contributed by atoms with Gasteiger partial charge in [-0.05, 0) is 46.4 Å². The number of carbonyl (C=O) groups excluding carboxylic acids is 1. The normalized spacial score (nSPS) is 13.7. The summed E-state index contributed by atoms with van der Waals surface area (Å²) in [5.74, 6) is 0.838. The summed E-state index contributed by atoms with van der Waals surface area (Å²) in [6, 6.07) is 15.7. The molecule has 0 aliphatic carbocycles. The Balaban J connectivity index is 2.22. The lowest BCUT2D eigenvalue weighted by Gasteiger charge is -2.22. The third kappa shape index (κ3) is 2.30. The van der Waals surface area contributed by atoms with Crippen LogP contribution in [0.4, 0.5) is 0 Å². The van der Waals surface area contributed by atoms with Crippen molar-refractivity contribution in [3.05, 3.63) is 68.8 Å². The van der Waals surface area contributed by atoms with Crippen molar-refractivity contribution in [2.45, 2.75) is 0 Å². The number of aldehydes is 1. The van der Waals surface area contributed by atoms with Gasteiger partial charge in [-0.2, -0.15) is 0 Å². The monoisotopic (exact) mass is 362 g/mol. The molecular weight excluding hydrogens is 351 g/mol. The second-order valence-electron chi connectivity index (χ2n) is 4.31. The van der Waals surface area contributed by atoms with E-state index in [-0.39, 0.29) is 0 Å². The summed E-state index contributed by atoms with van der Waals surface area (Å²) in [4.78, 5) is 11.0. The van der Waals surface area contributed by atoms with Gasteiger partial charge in [0.2, 0.25) is 0 Å². The SMILES string of the molecule is O=Cc1ccc2c(c1)C(c1ccccc1)=C(I)CO2. The Hall–Kier alpha value is -1.62. The van der Waals surface area contributed by atoms with E-state index in [0.29, 0.717) is 12.2 Å². The minimum atomic E-state index is 0.582. The average Bonchev–Trinajstić information content (AvgIpc) is 2.47. The van der Waals surface area contributed by atoms with E-state index >= 15 is 0 Å². The quantitative estimate of drug-likeness (QED) is 0.594. The van der Waals surface area contributed by atoms with Crippen molar-refractivity contribution < 1.29 is 9.53 Å². The standard InChI is InChI=1S/C16H11IO2/c17-14-10-19-15-7-6-11(9-18)8-13(15)16(14)12-4-2-1-3-5-12/h1-9H,10H2. The average molecular weight is 362 g/mol. The zero-order valence-electron chi connectivity index (χ0n) is 10.1. The Kier molecular flexibility index (Phi) is 3.38. The van der Waals surface area contributed by atoms with Gasteiger partial charge in [-0.1, -0.05) is 30.3 Å². The first-order chi connectivity index (χ1) is 9.29. The van der Waals surface area contributed by atoms with Crippen LogP contribution in [0.5, 0.6) is 5.75 Å². The van der Waals surface area contributed by atoms with Crippen molar-refractivity contribution in [1.29, 1.82) is 0 Å². The number of ether oxygens (including phenoxy) is 1. The molecule has 0 saturated heterocycles. The smallest absolute Gasteiger partial charge is 0.150 e. The van der Waals surface area contributed by atoms with Crippen LogP contribution in [0.1, 0.15) is 21.5 Å². The van der Waals surface area contributed by atoms with Gasteiger partial charge >= 0.3 is 0 Å². The molecule has 0 N–H and O–H groups in total. The minimum absolute atomic E-state index is 0.582. The summed E-state index contributed by atoms with van der Waals surface area (Å²) in [5, 5.41) is 0. The Labute approximate surface area is 125 Å². The van der Waals surface area contributed by atoms with Crippen molar-refractivity contribution in [2.24, 2.45) is 0 Å². The Morgan fingerprint density at radius 2 is 1.89 bits per heavy atom. The lowest BCUT2D eigenvalue weighted by Crippen LogP contribution is -2.09. The molecule has 3 heteroatoms. The number of carbonyl (C=O) groups is 1. The fourth-order valence-corrected chi connectivity index (χ4v) is 2.98. The molecule has 1 aliphatic heterocycles. The maximum absolute atomic E-state index is 11.0. The first-order valence-corrected chi connectivity index (χ1v) is 7.04. The largest absolute Gasteiger partial charge is 0.488 e. The van der Waals surface area contributed by atoms with E-state index in [1.165, 1.54) is 0 Å². The molecule has 1 heterocycles. The molecule has 1 aliphatic rings. The van der Waals surface area contributed by atoms with Crippen LogP contribution in [-0.2, 0) is 0 Å². The van der Waals surface area contributed by atoms with Crippen LogP contribution in [0, 0.1) is 0 Å². The highest BCUT2D eigenvalue weighted by atomic mass is 127. The number of hydrogen-bond acceptors (Lipinski definition) is 2. The predicted octanol–water partition coefficient (Wildman–Crippen LogP) is 4.09. The highest BCUT2D eigenvalue weighted by molar-refractivity contribution is 14.1. The predicted molar refractivity (Wildman–Crippen MR) is 83.8 cm³/mol. The summed E-state index contributed by atoms with van der Waals surface area (Å²) in [6.45, 7) is 0.582. The summed E-state index contributed by atoms with van der Waals surface area (Å²) < 4.78 is 6.86. The summed E-state index contributed by atoms with van der Waals surface area (Å²) >= 11 is 2.31. The molecule has 0 spiro atoms. The fourth-order valence-electron chi connectivity index (χ4n) is 2.22. The zero-order valence-corrected chi connectivity index (χ0v) is 12.3. The molecule has 0 bridgehead atoms. The van der Waals surface area contributed by atoms with E-state index in [1.54, 1.807) is 6.07 Å². The molecule has 3 rings (SSSR count). The molecule has 19 heavy (non-hydrogen) atoms. The molecule has 0 saturated carbocycles. The number of fused-ring (bicyclic) bond motifs is 1. The summed E-state index contributed by atoms with van der Waals surface area (Å²) in [6.07, 6.45) is 0.865. The van der Waals surface area contributed by atoms with Gasteiger partial charge in [-0.3, -0.25) is 4.79 Å². The van der Waals surface area contributed by atoms with Crippen molar-refractivity contribution in [3.8, 4) is 5.75 Å². The number of hydrogen-bond donors (Lipinski definition) is 0. The second-order valence-corrected chi connectivity index (χ2v) is 5.61. The minimum Gasteiger partial charge on any atom is -0.488 e. The Morgan fingerprint density at radius 3 is 2.63 bits per heavy atom. The Bertz CT molecular complexity index is 660. The third-order valence-electron chi connectivity index (χ3n) is 3.10. The van der Waals surface area contributed by atoms with Crippen LogP contribution in [0.15, 0.2) is 52.1 Å². The number of benzene rings is 2. The molecule has 0 unspecified atom stereocenters. The van der Waals surface area contributed by atoms with Crippen LogP contribution < -0.4 is 4.74 Å². The van der Waals surface area contributed by atoms with Gasteiger partial charge < -0.3 is 4.74 Å². The van der Waals surface area contributed by atoms with E-state index in [4.69, 9.17) is 4.74 Å². The maximum Gasteiger partial charge on any atom is 0.150 e. The number of halogens is 1. The maximum atomic E-state index is 11.0. The molecule has 0 amide bonds. The highest BCUT2D eigenvalue weighted by Gasteiger charge is 2.20. The van der Waals surface area contributed by atoms with Crippen LogP contribution in [0.25, 0.3) is 5.57 Å². The van der Waals surface area contributed by atoms with Gasteiger partial charge in [0.15, 0.2) is 0 Å². The Morgan fingerprint density at radius 1 is 1.11 bits per heavy atom. The molecular formula is C16H11IO2. The van der Waals surface area contributed by atoms with Crippen molar-refractivity contribution in [1.82, 2.24) is 0 Å². The highest BCUT2D eigenvalue weighted by Crippen LogP contribution is 2.39. The molecule has 0 fully saturated rings. The second kappa shape index (κ2) is 5.17. The van der Waals surface area contributed by atoms with Crippen LogP contribution >= 0.6 is 22.6 Å². The van der Waals surface area contributed by atoms with Crippen LogP contribution in [0.2, 0.25) is 0 Å². The molecule has 94 valence electrons. The van der Waals surface area contributed by atoms with Gasteiger partial charge in [-0.15, -0.1) is 0 Å². The van der Waals surface area contributed by atoms with Crippen LogP contribution in [0.3, 0.4) is 0 Å². The van der Waals surface area contributed by atoms with E-state index in [0.717, 1.165) is 32.3 Å².